The van der Waals surface area contributed by atoms with Crippen LogP contribution < -0.4 is 11.3 Å². The zero-order valence-corrected chi connectivity index (χ0v) is 7.46. The van der Waals surface area contributed by atoms with E-state index in [1.54, 1.807) is 0 Å². The largest absolute Gasteiger partial charge is 0.271 e. The van der Waals surface area contributed by atoms with Crippen LogP contribution in [0.2, 0.25) is 0 Å². The second kappa shape index (κ2) is 4.91. The Labute approximate surface area is 73.8 Å². The van der Waals surface area contributed by atoms with E-state index in [2.05, 4.69) is 36.6 Å². The predicted octanol–water partition coefficient (Wildman–Crippen LogP) is 1.47. The molecule has 0 unspecified atom stereocenters. The summed E-state index contributed by atoms with van der Waals surface area (Å²) in [6.07, 6.45) is 2.07. The Morgan fingerprint density at radius 2 is 2.00 bits per heavy atom. The van der Waals surface area contributed by atoms with Gasteiger partial charge in [0.25, 0.3) is 0 Å². The first-order valence-corrected chi connectivity index (χ1v) is 4.37. The first kappa shape index (κ1) is 9.23. The van der Waals surface area contributed by atoms with Crippen LogP contribution in [0.4, 0.5) is 0 Å². The van der Waals surface area contributed by atoms with Crippen LogP contribution in [-0.4, -0.2) is 6.04 Å². The maximum Gasteiger partial charge on any atom is 0.0248 e. The van der Waals surface area contributed by atoms with Crippen LogP contribution in [0.3, 0.4) is 0 Å². The Morgan fingerprint density at radius 3 is 2.50 bits per heavy atom. The minimum Gasteiger partial charge on any atom is -0.271 e. The monoisotopic (exact) mass is 164 g/mol. The van der Waals surface area contributed by atoms with Gasteiger partial charge in [0.2, 0.25) is 0 Å². The van der Waals surface area contributed by atoms with E-state index in [0.29, 0.717) is 6.04 Å². The molecule has 0 aliphatic rings. The van der Waals surface area contributed by atoms with Gasteiger partial charge in [0.1, 0.15) is 0 Å². The van der Waals surface area contributed by atoms with Crippen LogP contribution in [0.15, 0.2) is 30.3 Å². The molecule has 1 rings (SSSR count). The summed E-state index contributed by atoms with van der Waals surface area (Å²) in [7, 11) is 0. The van der Waals surface area contributed by atoms with Gasteiger partial charge < -0.3 is 0 Å². The van der Waals surface area contributed by atoms with Crippen molar-refractivity contribution >= 4 is 0 Å². The van der Waals surface area contributed by atoms with Crippen LogP contribution in [0.5, 0.6) is 0 Å². The highest BCUT2D eigenvalue weighted by atomic mass is 15.2. The summed E-state index contributed by atoms with van der Waals surface area (Å²) in [4.78, 5) is 0. The van der Waals surface area contributed by atoms with Crippen molar-refractivity contribution in [3.05, 3.63) is 35.9 Å². The Hall–Kier alpha value is -0.860. The molecule has 2 heteroatoms. The van der Waals surface area contributed by atoms with Gasteiger partial charge in [-0.25, -0.2) is 0 Å². The molecule has 0 heterocycles. The van der Waals surface area contributed by atoms with Gasteiger partial charge in [0, 0.05) is 6.04 Å². The Morgan fingerprint density at radius 1 is 1.33 bits per heavy atom. The Kier molecular flexibility index (Phi) is 3.77. The summed E-state index contributed by atoms with van der Waals surface area (Å²) in [5.74, 6) is 5.38. The van der Waals surface area contributed by atoms with E-state index in [0.717, 1.165) is 12.8 Å². The molecule has 0 aliphatic heterocycles. The molecule has 1 aromatic rings. The molecule has 0 amide bonds. The molecule has 2 nitrogen and oxygen atoms in total. The lowest BCUT2D eigenvalue weighted by molar-refractivity contribution is 0.511. The molecule has 1 aromatic carbocycles. The summed E-state index contributed by atoms with van der Waals surface area (Å²) >= 11 is 0. The SMILES string of the molecule is CC[C@@H](Cc1ccccc1)NN. The maximum absolute atomic E-state index is 5.38. The fourth-order valence-corrected chi connectivity index (χ4v) is 1.22. The minimum atomic E-state index is 0.396. The first-order chi connectivity index (χ1) is 5.86. The van der Waals surface area contributed by atoms with E-state index in [-0.39, 0.29) is 0 Å². The predicted molar refractivity (Wildman–Crippen MR) is 51.5 cm³/mol. The third kappa shape index (κ3) is 2.64. The summed E-state index contributed by atoms with van der Waals surface area (Å²) in [5, 5.41) is 0. The topological polar surface area (TPSA) is 38.0 Å². The van der Waals surface area contributed by atoms with E-state index in [4.69, 9.17) is 5.84 Å². The second-order valence-corrected chi connectivity index (χ2v) is 2.96. The zero-order chi connectivity index (χ0) is 8.81. The standard InChI is InChI=1S/C10H16N2/c1-2-10(12-11)8-9-6-4-3-5-7-9/h3-7,10,12H,2,8,11H2,1H3/t10-/m0/s1. The summed E-state index contributed by atoms with van der Waals surface area (Å²) in [6.45, 7) is 2.13. The molecule has 0 spiro atoms. The van der Waals surface area contributed by atoms with Crippen molar-refractivity contribution < 1.29 is 0 Å². The normalized spacial score (nSPS) is 12.8. The van der Waals surface area contributed by atoms with E-state index >= 15 is 0 Å². The smallest absolute Gasteiger partial charge is 0.0248 e. The minimum absolute atomic E-state index is 0.396. The molecule has 0 saturated carbocycles. The Balaban J connectivity index is 2.51. The third-order valence-electron chi connectivity index (χ3n) is 2.05. The van der Waals surface area contributed by atoms with Crippen molar-refractivity contribution in [2.45, 2.75) is 25.8 Å². The number of benzene rings is 1. The fraction of sp³-hybridized carbons (Fsp3) is 0.400. The van der Waals surface area contributed by atoms with Crippen LogP contribution in [-0.2, 0) is 6.42 Å². The Bertz CT molecular complexity index is 204. The van der Waals surface area contributed by atoms with Crippen molar-refractivity contribution in [3.8, 4) is 0 Å². The van der Waals surface area contributed by atoms with Crippen LogP contribution >= 0.6 is 0 Å². The van der Waals surface area contributed by atoms with Gasteiger partial charge in [0.05, 0.1) is 0 Å². The van der Waals surface area contributed by atoms with Gasteiger partial charge >= 0.3 is 0 Å². The van der Waals surface area contributed by atoms with E-state index < -0.39 is 0 Å². The molecular weight excluding hydrogens is 148 g/mol. The van der Waals surface area contributed by atoms with Crippen LogP contribution in [0.25, 0.3) is 0 Å². The molecule has 0 bridgehead atoms. The van der Waals surface area contributed by atoms with Gasteiger partial charge in [-0.15, -0.1) is 0 Å². The van der Waals surface area contributed by atoms with Gasteiger partial charge in [-0.3, -0.25) is 11.3 Å². The third-order valence-corrected chi connectivity index (χ3v) is 2.05. The highest BCUT2D eigenvalue weighted by Gasteiger charge is 2.02. The highest BCUT2D eigenvalue weighted by Crippen LogP contribution is 2.04. The quantitative estimate of drug-likeness (QED) is 0.522. The number of nitrogens with one attached hydrogen (secondary N) is 1. The molecule has 0 radical (unpaired) electrons. The average molecular weight is 164 g/mol. The number of nitrogens with two attached hydrogens (primary N) is 1. The van der Waals surface area contributed by atoms with Crippen LogP contribution in [0, 0.1) is 0 Å². The molecule has 0 saturated heterocycles. The maximum atomic E-state index is 5.38. The summed E-state index contributed by atoms with van der Waals surface area (Å²) in [5.41, 5.74) is 4.14. The average Bonchev–Trinajstić information content (AvgIpc) is 2.16. The summed E-state index contributed by atoms with van der Waals surface area (Å²) in [6, 6.07) is 10.8. The van der Waals surface area contributed by atoms with Crippen molar-refractivity contribution in [1.29, 1.82) is 0 Å². The fourth-order valence-electron chi connectivity index (χ4n) is 1.22. The molecule has 3 N–H and O–H groups in total. The number of hydrogen-bond acceptors (Lipinski definition) is 2. The first-order valence-electron chi connectivity index (χ1n) is 4.37. The lowest BCUT2D eigenvalue weighted by atomic mass is 10.1. The molecule has 0 aromatic heterocycles. The number of hydrogen-bond donors (Lipinski definition) is 2. The van der Waals surface area contributed by atoms with Crippen molar-refractivity contribution in [1.82, 2.24) is 5.43 Å². The number of hydrazine groups is 1. The molecule has 1 atom stereocenters. The van der Waals surface area contributed by atoms with Crippen LogP contribution in [0.1, 0.15) is 18.9 Å². The molecule has 0 aliphatic carbocycles. The molecule has 12 heavy (non-hydrogen) atoms. The van der Waals surface area contributed by atoms with Gasteiger partial charge in [-0.05, 0) is 18.4 Å². The zero-order valence-electron chi connectivity index (χ0n) is 7.46. The highest BCUT2D eigenvalue weighted by molar-refractivity contribution is 5.15. The lowest BCUT2D eigenvalue weighted by Crippen LogP contribution is -2.36. The van der Waals surface area contributed by atoms with E-state index in [1.165, 1.54) is 5.56 Å². The number of rotatable bonds is 4. The van der Waals surface area contributed by atoms with Crippen molar-refractivity contribution in [3.63, 3.8) is 0 Å². The van der Waals surface area contributed by atoms with Crippen molar-refractivity contribution in [2.24, 2.45) is 5.84 Å². The van der Waals surface area contributed by atoms with Gasteiger partial charge in [0.15, 0.2) is 0 Å². The molecule has 66 valence electrons. The molecular formula is C10H16N2. The van der Waals surface area contributed by atoms with E-state index in [1.807, 2.05) is 6.07 Å². The van der Waals surface area contributed by atoms with Gasteiger partial charge in [-0.1, -0.05) is 37.3 Å². The van der Waals surface area contributed by atoms with Crippen molar-refractivity contribution in [2.75, 3.05) is 0 Å². The molecule has 0 fully saturated rings. The lowest BCUT2D eigenvalue weighted by Gasteiger charge is -2.12. The van der Waals surface area contributed by atoms with E-state index in [9.17, 15) is 0 Å². The summed E-state index contributed by atoms with van der Waals surface area (Å²) < 4.78 is 0. The second-order valence-electron chi connectivity index (χ2n) is 2.96. The van der Waals surface area contributed by atoms with Gasteiger partial charge in [-0.2, -0.15) is 0 Å².